The Bertz CT molecular complexity index is 433. The summed E-state index contributed by atoms with van der Waals surface area (Å²) in [6, 6.07) is 0. The van der Waals surface area contributed by atoms with E-state index in [4.69, 9.17) is 5.84 Å². The Labute approximate surface area is 86.3 Å². The van der Waals surface area contributed by atoms with Gasteiger partial charge in [-0.15, -0.1) is 10.2 Å². The number of nitrogens with zero attached hydrogens (tertiary/aromatic N) is 5. The summed E-state index contributed by atoms with van der Waals surface area (Å²) in [5.74, 6) is 5.43. The molecule has 15 heavy (non-hydrogen) atoms. The van der Waals surface area contributed by atoms with Crippen LogP contribution in [0.4, 0.5) is 5.95 Å². The van der Waals surface area contributed by atoms with Gasteiger partial charge in [-0.25, -0.2) is 10.8 Å². The Kier molecular flexibility index (Phi) is 2.55. The molecule has 7 heteroatoms. The van der Waals surface area contributed by atoms with Crippen molar-refractivity contribution in [2.24, 2.45) is 5.84 Å². The molecule has 0 atom stereocenters. The summed E-state index contributed by atoms with van der Waals surface area (Å²) in [4.78, 5) is 3.96. The third-order valence-corrected chi connectivity index (χ3v) is 1.94. The molecule has 2 heterocycles. The number of hydrazine groups is 1. The minimum absolute atomic E-state index is 0.293. The molecule has 0 saturated heterocycles. The van der Waals surface area contributed by atoms with Crippen LogP contribution >= 0.6 is 0 Å². The van der Waals surface area contributed by atoms with E-state index in [0.717, 1.165) is 12.1 Å². The van der Waals surface area contributed by atoms with E-state index in [1.54, 1.807) is 12.4 Å². The molecular formula is C8H11N7. The second-order valence-electron chi connectivity index (χ2n) is 2.90. The van der Waals surface area contributed by atoms with E-state index in [1.807, 2.05) is 17.8 Å². The summed E-state index contributed by atoms with van der Waals surface area (Å²) < 4.78 is 1.81. The second kappa shape index (κ2) is 4.01. The van der Waals surface area contributed by atoms with Gasteiger partial charge in [0, 0.05) is 18.3 Å². The van der Waals surface area contributed by atoms with Crippen LogP contribution in [0.2, 0.25) is 0 Å². The van der Waals surface area contributed by atoms with Crippen molar-refractivity contribution in [3.63, 3.8) is 0 Å². The minimum atomic E-state index is 0.293. The van der Waals surface area contributed by atoms with Crippen molar-refractivity contribution in [3.8, 4) is 11.3 Å². The predicted molar refractivity (Wildman–Crippen MR) is 54.5 cm³/mol. The fourth-order valence-electron chi connectivity index (χ4n) is 1.14. The molecule has 0 unspecified atom stereocenters. The van der Waals surface area contributed by atoms with Gasteiger partial charge in [0.05, 0.1) is 12.4 Å². The number of nitrogens with one attached hydrogen (secondary N) is 1. The highest BCUT2D eigenvalue weighted by molar-refractivity contribution is 5.55. The highest BCUT2D eigenvalue weighted by Gasteiger charge is 2.03. The fraction of sp³-hybridized carbons (Fsp3) is 0.250. The topological polar surface area (TPSA) is 94.5 Å². The Morgan fingerprint density at radius 3 is 2.80 bits per heavy atom. The van der Waals surface area contributed by atoms with Crippen LogP contribution in [-0.4, -0.2) is 25.0 Å². The first-order chi connectivity index (χ1) is 7.33. The smallest absolute Gasteiger partial charge is 0.256 e. The molecule has 0 spiro atoms. The summed E-state index contributed by atoms with van der Waals surface area (Å²) in [5.41, 5.74) is 3.88. The molecule has 2 aromatic rings. The van der Waals surface area contributed by atoms with Crippen molar-refractivity contribution in [2.75, 3.05) is 5.43 Å². The molecule has 0 aliphatic carbocycles. The maximum absolute atomic E-state index is 5.13. The van der Waals surface area contributed by atoms with Crippen molar-refractivity contribution >= 4 is 5.95 Å². The van der Waals surface area contributed by atoms with E-state index in [9.17, 15) is 0 Å². The molecular weight excluding hydrogens is 194 g/mol. The lowest BCUT2D eigenvalue weighted by atomic mass is 10.3. The van der Waals surface area contributed by atoms with Crippen LogP contribution in [0.15, 0.2) is 18.6 Å². The molecule has 0 aliphatic rings. The number of hydrogen-bond acceptors (Lipinski definition) is 6. The molecule has 78 valence electrons. The summed E-state index contributed by atoms with van der Waals surface area (Å²) in [6.07, 6.45) is 5.21. The molecule has 0 amide bonds. The SMILES string of the molecule is CCn1cc(-c2cnc(NN)nn2)cn1. The Morgan fingerprint density at radius 1 is 1.40 bits per heavy atom. The van der Waals surface area contributed by atoms with Crippen molar-refractivity contribution in [1.82, 2.24) is 25.0 Å². The van der Waals surface area contributed by atoms with Gasteiger partial charge in [0.1, 0.15) is 5.69 Å². The molecule has 0 bridgehead atoms. The van der Waals surface area contributed by atoms with Gasteiger partial charge in [-0.3, -0.25) is 10.1 Å². The molecule has 0 saturated carbocycles. The van der Waals surface area contributed by atoms with Crippen molar-refractivity contribution in [3.05, 3.63) is 18.6 Å². The van der Waals surface area contributed by atoms with Crippen LogP contribution in [0.25, 0.3) is 11.3 Å². The summed E-state index contributed by atoms with van der Waals surface area (Å²) >= 11 is 0. The zero-order chi connectivity index (χ0) is 10.7. The summed E-state index contributed by atoms with van der Waals surface area (Å²) in [7, 11) is 0. The Hall–Kier alpha value is -2.02. The lowest BCUT2D eigenvalue weighted by Gasteiger charge is -1.97. The number of rotatable bonds is 3. The number of nitrogen functional groups attached to an aromatic ring is 1. The number of hydrogen-bond donors (Lipinski definition) is 2. The molecule has 3 N–H and O–H groups in total. The van der Waals surface area contributed by atoms with Crippen LogP contribution in [0, 0.1) is 0 Å². The van der Waals surface area contributed by atoms with Gasteiger partial charge >= 0.3 is 0 Å². The first-order valence-electron chi connectivity index (χ1n) is 4.52. The fourth-order valence-corrected chi connectivity index (χ4v) is 1.14. The first-order valence-corrected chi connectivity index (χ1v) is 4.52. The molecule has 2 aromatic heterocycles. The van der Waals surface area contributed by atoms with E-state index in [0.29, 0.717) is 11.6 Å². The average molecular weight is 205 g/mol. The van der Waals surface area contributed by atoms with Crippen LogP contribution in [-0.2, 0) is 6.54 Å². The lowest BCUT2D eigenvalue weighted by Crippen LogP contribution is -2.11. The quantitative estimate of drug-likeness (QED) is 0.542. The summed E-state index contributed by atoms with van der Waals surface area (Å²) in [5, 5.41) is 11.9. The average Bonchev–Trinajstić information content (AvgIpc) is 2.78. The molecule has 2 rings (SSSR count). The van der Waals surface area contributed by atoms with Crippen LogP contribution < -0.4 is 11.3 Å². The zero-order valence-corrected chi connectivity index (χ0v) is 8.25. The van der Waals surface area contributed by atoms with Crippen LogP contribution in [0.3, 0.4) is 0 Å². The van der Waals surface area contributed by atoms with Gasteiger partial charge in [0.25, 0.3) is 5.95 Å². The standard InChI is InChI=1S/C8H11N7/c1-2-15-5-6(3-11-15)7-4-10-8(12-9)14-13-7/h3-5H,2,9H2,1H3,(H,10,12,14). The maximum atomic E-state index is 5.13. The van der Waals surface area contributed by atoms with Gasteiger partial charge in [-0.2, -0.15) is 5.10 Å². The minimum Gasteiger partial charge on any atom is -0.291 e. The van der Waals surface area contributed by atoms with E-state index in [1.165, 1.54) is 0 Å². The highest BCUT2D eigenvalue weighted by Crippen LogP contribution is 2.13. The number of anilines is 1. The van der Waals surface area contributed by atoms with E-state index < -0.39 is 0 Å². The molecule has 0 aliphatic heterocycles. The largest absolute Gasteiger partial charge is 0.291 e. The number of nitrogens with two attached hydrogens (primary N) is 1. The summed E-state index contributed by atoms with van der Waals surface area (Å²) in [6.45, 7) is 2.84. The number of aryl methyl sites for hydroxylation is 1. The molecule has 7 nitrogen and oxygen atoms in total. The third kappa shape index (κ3) is 1.91. The van der Waals surface area contributed by atoms with Crippen molar-refractivity contribution in [2.45, 2.75) is 13.5 Å². The first kappa shape index (κ1) is 9.53. The van der Waals surface area contributed by atoms with Gasteiger partial charge in [-0.05, 0) is 6.92 Å². The zero-order valence-electron chi connectivity index (χ0n) is 8.25. The van der Waals surface area contributed by atoms with E-state index >= 15 is 0 Å². The molecule has 0 fully saturated rings. The van der Waals surface area contributed by atoms with Gasteiger partial charge in [-0.1, -0.05) is 0 Å². The Morgan fingerprint density at radius 2 is 2.27 bits per heavy atom. The van der Waals surface area contributed by atoms with Gasteiger partial charge in [0.2, 0.25) is 0 Å². The number of aromatic nitrogens is 5. The van der Waals surface area contributed by atoms with Crippen LogP contribution in [0.5, 0.6) is 0 Å². The van der Waals surface area contributed by atoms with E-state index in [-0.39, 0.29) is 0 Å². The van der Waals surface area contributed by atoms with Gasteiger partial charge < -0.3 is 0 Å². The highest BCUT2D eigenvalue weighted by atomic mass is 15.3. The normalized spacial score (nSPS) is 10.3. The van der Waals surface area contributed by atoms with Crippen LogP contribution in [0.1, 0.15) is 6.92 Å². The monoisotopic (exact) mass is 205 g/mol. The Balaban J connectivity index is 2.28. The molecule has 0 radical (unpaired) electrons. The second-order valence-corrected chi connectivity index (χ2v) is 2.90. The predicted octanol–water partition coefficient (Wildman–Crippen LogP) is 0.0406. The van der Waals surface area contributed by atoms with E-state index in [2.05, 4.69) is 25.7 Å². The third-order valence-electron chi connectivity index (χ3n) is 1.94. The lowest BCUT2D eigenvalue weighted by molar-refractivity contribution is 0.660. The van der Waals surface area contributed by atoms with Gasteiger partial charge in [0.15, 0.2) is 0 Å². The maximum Gasteiger partial charge on any atom is 0.256 e. The molecule has 0 aromatic carbocycles. The van der Waals surface area contributed by atoms with Crippen molar-refractivity contribution in [1.29, 1.82) is 0 Å². The van der Waals surface area contributed by atoms with Crippen molar-refractivity contribution < 1.29 is 0 Å².